The molecule has 9 heteroatoms. The van der Waals surface area contributed by atoms with Crippen LogP contribution in [0.3, 0.4) is 0 Å². The number of nitrogens with zero attached hydrogens (tertiary/aromatic N) is 3. The highest BCUT2D eigenvalue weighted by molar-refractivity contribution is 7.89. The van der Waals surface area contributed by atoms with Crippen LogP contribution in [0.4, 0.5) is 0 Å². The topological polar surface area (TPSA) is 95.5 Å². The Bertz CT molecular complexity index is 2300. The van der Waals surface area contributed by atoms with E-state index in [4.69, 9.17) is 0 Å². The fraction of sp³-hybridized carbons (Fsp3) is 0.647. The Morgan fingerprint density at radius 1 is 0.583 bits per heavy atom. The van der Waals surface area contributed by atoms with Gasteiger partial charge in [0.1, 0.15) is 0 Å². The van der Waals surface area contributed by atoms with Gasteiger partial charge in [-0.3, -0.25) is 9.59 Å². The van der Waals surface area contributed by atoms with E-state index in [9.17, 15) is 18.0 Å². The molecule has 2 aromatic carbocycles. The first kappa shape index (κ1) is 41.7. The molecular formula is C51H70N4O4S. The molecule has 2 amide bonds. The molecule has 324 valence electrons. The van der Waals surface area contributed by atoms with Gasteiger partial charge in [0, 0.05) is 65.0 Å². The van der Waals surface area contributed by atoms with Crippen LogP contribution in [0, 0.1) is 35.5 Å². The first-order chi connectivity index (χ1) is 29.0. The quantitative estimate of drug-likeness (QED) is 0.217. The second-order valence-corrected chi connectivity index (χ2v) is 22.1. The second-order valence-electron chi connectivity index (χ2n) is 20.3. The molecule has 0 spiro atoms. The summed E-state index contributed by atoms with van der Waals surface area (Å²) in [4.78, 5) is 34.0. The third-order valence-electron chi connectivity index (χ3n) is 16.2. The number of nitrogens with one attached hydrogen (secondary N) is 1. The van der Waals surface area contributed by atoms with Crippen molar-refractivity contribution < 1.29 is 18.0 Å². The summed E-state index contributed by atoms with van der Waals surface area (Å²) in [7, 11) is -3.41. The molecule has 2 saturated heterocycles. The van der Waals surface area contributed by atoms with E-state index in [1.54, 1.807) is 3.97 Å². The van der Waals surface area contributed by atoms with Gasteiger partial charge in [0.25, 0.3) is 11.8 Å². The summed E-state index contributed by atoms with van der Waals surface area (Å²) in [5.74, 6) is 4.89. The summed E-state index contributed by atoms with van der Waals surface area (Å²) in [6.07, 6.45) is 26.0. The van der Waals surface area contributed by atoms with Crippen LogP contribution in [-0.4, -0.2) is 71.4 Å². The number of hydrogen-bond acceptors (Lipinski definition) is 4. The minimum absolute atomic E-state index is 0.0827. The summed E-state index contributed by atoms with van der Waals surface area (Å²) in [5.41, 5.74) is 8.60. The molecule has 0 radical (unpaired) electrons. The molecular weight excluding hydrogens is 765 g/mol. The Kier molecular flexibility index (Phi) is 12.3. The lowest BCUT2D eigenvalue weighted by Gasteiger charge is -2.33. The standard InChI is InChI=1S/C26H36N2O3S.C25H34N2O/c1-18-12-14-27(15-13-18)26(29)21-9-11-25-23(17-21)22-16-20(19-6-4-3-5-7-19)8-10-24(22)28(25)32(2,30)31;1-17-11-13-27(14-12-17)25(28)20-8-10-24-22(16-20)21-15-19(7-9-23(21)26-24)18-5-3-2-4-6-18/h9,11,17-20H,3-8,10,12-16H2,1-2H3;8,10,16-19,26H,2-7,9,11-15H2,1H3. The SMILES string of the molecule is CC1CCN(C(=O)c2ccc3[nH]c4c(c3c2)CC(C2CCCCC2)CC4)CC1.CC1CCN(C(=O)c2ccc3c(c2)c2c(n3S(C)(=O)=O)CCC(C3CCCCC3)C2)CC1. The fourth-order valence-electron chi connectivity index (χ4n) is 12.4. The number of carbonyl (C=O) groups is 2. The van der Waals surface area contributed by atoms with Crippen LogP contribution in [0.1, 0.15) is 160 Å². The predicted molar refractivity (Wildman–Crippen MR) is 243 cm³/mol. The van der Waals surface area contributed by atoms with E-state index >= 15 is 0 Å². The van der Waals surface area contributed by atoms with Crippen molar-refractivity contribution >= 4 is 43.6 Å². The fourth-order valence-corrected chi connectivity index (χ4v) is 13.6. The second kappa shape index (κ2) is 17.6. The number of piperidine rings is 2. The van der Waals surface area contributed by atoms with Gasteiger partial charge in [0.05, 0.1) is 11.8 Å². The van der Waals surface area contributed by atoms with Crippen molar-refractivity contribution in [2.24, 2.45) is 35.5 Å². The number of amides is 2. The predicted octanol–water partition coefficient (Wildman–Crippen LogP) is 10.7. The first-order valence-electron chi connectivity index (χ1n) is 24.1. The first-order valence-corrected chi connectivity index (χ1v) is 26.0. The van der Waals surface area contributed by atoms with Gasteiger partial charge in [-0.15, -0.1) is 0 Å². The number of aryl methyl sites for hydroxylation is 1. The summed E-state index contributed by atoms with van der Waals surface area (Å²) < 4.78 is 27.1. The zero-order valence-corrected chi connectivity index (χ0v) is 37.6. The number of hydrogen-bond donors (Lipinski definition) is 1. The molecule has 6 aliphatic rings. The van der Waals surface area contributed by atoms with E-state index in [2.05, 4.69) is 35.9 Å². The molecule has 1 N–H and O–H groups in total. The summed E-state index contributed by atoms with van der Waals surface area (Å²) in [6, 6.07) is 12.0. The van der Waals surface area contributed by atoms with Crippen molar-refractivity contribution in [3.63, 3.8) is 0 Å². The van der Waals surface area contributed by atoms with E-state index in [0.29, 0.717) is 17.4 Å². The molecule has 2 saturated carbocycles. The molecule has 4 heterocycles. The zero-order chi connectivity index (χ0) is 41.5. The monoisotopic (exact) mass is 835 g/mol. The lowest BCUT2D eigenvalue weighted by Crippen LogP contribution is -2.37. The molecule has 0 bridgehead atoms. The van der Waals surface area contributed by atoms with Gasteiger partial charge in [-0.2, -0.15) is 0 Å². The van der Waals surface area contributed by atoms with Crippen LogP contribution < -0.4 is 0 Å². The van der Waals surface area contributed by atoms with Gasteiger partial charge in [-0.25, -0.2) is 12.4 Å². The van der Waals surface area contributed by atoms with Crippen molar-refractivity contribution in [2.75, 3.05) is 32.4 Å². The van der Waals surface area contributed by atoms with Crippen LogP contribution in [-0.2, 0) is 35.7 Å². The van der Waals surface area contributed by atoms with E-state index in [1.807, 2.05) is 29.2 Å². The van der Waals surface area contributed by atoms with E-state index < -0.39 is 10.0 Å². The molecule has 4 aromatic rings. The van der Waals surface area contributed by atoms with Crippen LogP contribution in [0.5, 0.6) is 0 Å². The maximum atomic E-state index is 13.2. The lowest BCUT2D eigenvalue weighted by atomic mass is 9.72. The number of carbonyl (C=O) groups excluding carboxylic acids is 2. The van der Waals surface area contributed by atoms with Gasteiger partial charge < -0.3 is 14.8 Å². The third-order valence-corrected chi connectivity index (χ3v) is 17.3. The van der Waals surface area contributed by atoms with Gasteiger partial charge in [-0.1, -0.05) is 78.1 Å². The number of likely N-dealkylation sites (tertiary alicyclic amines) is 2. The number of aromatic amines is 1. The smallest absolute Gasteiger partial charge is 0.253 e. The number of rotatable bonds is 5. The average molecular weight is 835 g/mol. The summed E-state index contributed by atoms with van der Waals surface area (Å²) in [5, 5.41) is 2.29. The highest BCUT2D eigenvalue weighted by atomic mass is 32.2. The molecule has 2 aromatic heterocycles. The maximum absolute atomic E-state index is 13.2. The lowest BCUT2D eigenvalue weighted by molar-refractivity contribution is 0.0689. The number of fused-ring (bicyclic) bond motifs is 6. The summed E-state index contributed by atoms with van der Waals surface area (Å²) in [6.45, 7) is 7.98. The van der Waals surface area contributed by atoms with E-state index in [0.717, 1.165) is 117 Å². The van der Waals surface area contributed by atoms with E-state index in [1.165, 1.54) is 117 Å². The highest BCUT2D eigenvalue weighted by Crippen LogP contribution is 2.43. The normalized spacial score (nSPS) is 23.9. The Morgan fingerprint density at radius 3 is 1.63 bits per heavy atom. The number of H-pyrrole nitrogens is 1. The van der Waals surface area contributed by atoms with E-state index in [-0.39, 0.29) is 11.8 Å². The molecule has 8 nitrogen and oxygen atoms in total. The zero-order valence-electron chi connectivity index (χ0n) is 36.8. The Labute approximate surface area is 359 Å². The van der Waals surface area contributed by atoms with Gasteiger partial charge in [0.15, 0.2) is 0 Å². The Hall–Kier alpha value is -3.59. The summed E-state index contributed by atoms with van der Waals surface area (Å²) >= 11 is 0. The van der Waals surface area contributed by atoms with Gasteiger partial charge in [0.2, 0.25) is 10.0 Å². The minimum Gasteiger partial charge on any atom is -0.358 e. The van der Waals surface area contributed by atoms with Gasteiger partial charge >= 0.3 is 0 Å². The molecule has 2 atom stereocenters. The molecule has 60 heavy (non-hydrogen) atoms. The van der Waals surface area contributed by atoms with Crippen LogP contribution in [0.25, 0.3) is 21.8 Å². The minimum atomic E-state index is -3.41. The number of aromatic nitrogens is 2. The van der Waals surface area contributed by atoms with Crippen LogP contribution in [0.15, 0.2) is 36.4 Å². The number of benzene rings is 2. The van der Waals surface area contributed by atoms with Crippen molar-refractivity contribution in [1.29, 1.82) is 0 Å². The molecule has 10 rings (SSSR count). The van der Waals surface area contributed by atoms with Crippen molar-refractivity contribution in [3.05, 3.63) is 70.0 Å². The molecule has 2 unspecified atom stereocenters. The largest absolute Gasteiger partial charge is 0.358 e. The van der Waals surface area contributed by atoms with Crippen molar-refractivity contribution in [2.45, 2.75) is 142 Å². The van der Waals surface area contributed by atoms with Crippen LogP contribution >= 0.6 is 0 Å². The van der Waals surface area contributed by atoms with Crippen molar-refractivity contribution in [1.82, 2.24) is 18.8 Å². The maximum Gasteiger partial charge on any atom is 0.253 e. The molecule has 4 aliphatic carbocycles. The average Bonchev–Trinajstić information content (AvgIpc) is 3.82. The molecule has 2 aliphatic heterocycles. The van der Waals surface area contributed by atoms with Gasteiger partial charge in [-0.05, 0) is 147 Å². The van der Waals surface area contributed by atoms with Crippen LogP contribution in [0.2, 0.25) is 0 Å². The Morgan fingerprint density at radius 2 is 1.08 bits per heavy atom. The van der Waals surface area contributed by atoms with Crippen molar-refractivity contribution in [3.8, 4) is 0 Å². The Balaban J connectivity index is 0.000000155. The highest BCUT2D eigenvalue weighted by Gasteiger charge is 2.34. The molecule has 4 fully saturated rings. The third kappa shape index (κ3) is 8.59.